The van der Waals surface area contributed by atoms with E-state index in [1.165, 1.54) is 25.7 Å². The van der Waals surface area contributed by atoms with Gasteiger partial charge in [-0.3, -0.25) is 4.79 Å². The van der Waals surface area contributed by atoms with Gasteiger partial charge in [0, 0.05) is 6.42 Å². The minimum Gasteiger partial charge on any atom is -0.480 e. The number of amides is 1. The van der Waals surface area contributed by atoms with Crippen LogP contribution in [0, 0.1) is 11.8 Å². The van der Waals surface area contributed by atoms with E-state index in [1.807, 2.05) is 0 Å². The van der Waals surface area contributed by atoms with Crippen LogP contribution in [0.25, 0.3) is 0 Å². The summed E-state index contributed by atoms with van der Waals surface area (Å²) in [6, 6.07) is -0.647. The molecule has 0 aromatic rings. The fourth-order valence-electron chi connectivity index (χ4n) is 2.69. The highest BCUT2D eigenvalue weighted by Gasteiger charge is 2.37. The summed E-state index contributed by atoms with van der Waals surface area (Å²) in [7, 11) is 0. The van der Waals surface area contributed by atoms with Crippen LogP contribution >= 0.6 is 0 Å². The van der Waals surface area contributed by atoms with Crippen molar-refractivity contribution in [2.45, 2.75) is 57.4 Å². The highest BCUT2D eigenvalue weighted by Crippen LogP contribution is 2.33. The molecule has 2 N–H and O–H groups in total. The molecule has 0 saturated heterocycles. The lowest BCUT2D eigenvalue weighted by Gasteiger charge is -2.14. The Balaban J connectivity index is 1.69. The van der Waals surface area contributed by atoms with Crippen molar-refractivity contribution < 1.29 is 14.7 Å². The van der Waals surface area contributed by atoms with Gasteiger partial charge >= 0.3 is 5.97 Å². The Morgan fingerprint density at radius 3 is 2.35 bits per heavy atom. The number of carbonyl (C=O) groups excluding carboxylic acids is 1. The lowest BCUT2D eigenvalue weighted by Crippen LogP contribution is -2.42. The van der Waals surface area contributed by atoms with Crippen LogP contribution in [-0.4, -0.2) is 23.0 Å². The fourth-order valence-corrected chi connectivity index (χ4v) is 2.69. The van der Waals surface area contributed by atoms with E-state index in [9.17, 15) is 9.59 Å². The van der Waals surface area contributed by atoms with Gasteiger partial charge in [0.15, 0.2) is 0 Å². The van der Waals surface area contributed by atoms with Gasteiger partial charge in [0.1, 0.15) is 6.04 Å². The van der Waals surface area contributed by atoms with Gasteiger partial charge < -0.3 is 10.4 Å². The van der Waals surface area contributed by atoms with E-state index >= 15 is 0 Å². The van der Waals surface area contributed by atoms with Crippen LogP contribution in [0.15, 0.2) is 0 Å². The topological polar surface area (TPSA) is 66.4 Å². The smallest absolute Gasteiger partial charge is 0.326 e. The maximum absolute atomic E-state index is 11.7. The monoisotopic (exact) mass is 239 g/mol. The minimum atomic E-state index is -0.887. The van der Waals surface area contributed by atoms with Crippen molar-refractivity contribution in [2.24, 2.45) is 11.8 Å². The van der Waals surface area contributed by atoms with Crippen LogP contribution in [0.3, 0.4) is 0 Å². The van der Waals surface area contributed by atoms with E-state index in [0.29, 0.717) is 12.3 Å². The molecule has 17 heavy (non-hydrogen) atoms. The second kappa shape index (κ2) is 5.52. The molecule has 1 atom stereocenters. The van der Waals surface area contributed by atoms with E-state index in [4.69, 9.17) is 5.11 Å². The number of carbonyl (C=O) groups is 2. The molecule has 0 aromatic heterocycles. The van der Waals surface area contributed by atoms with E-state index < -0.39 is 12.0 Å². The third-order valence-electron chi connectivity index (χ3n) is 3.93. The predicted molar refractivity (Wildman–Crippen MR) is 63.5 cm³/mol. The molecule has 2 rings (SSSR count). The molecule has 1 unspecified atom stereocenters. The molecular weight excluding hydrogens is 218 g/mol. The molecule has 4 heteroatoms. The van der Waals surface area contributed by atoms with Gasteiger partial charge in [-0.15, -0.1) is 0 Å². The molecule has 0 heterocycles. The van der Waals surface area contributed by atoms with Crippen LogP contribution in [0.2, 0.25) is 0 Å². The number of nitrogens with one attached hydrogen (secondary N) is 1. The Hall–Kier alpha value is -1.06. The van der Waals surface area contributed by atoms with Crippen molar-refractivity contribution in [1.29, 1.82) is 0 Å². The molecule has 0 aliphatic heterocycles. The van der Waals surface area contributed by atoms with Gasteiger partial charge in [0.05, 0.1) is 0 Å². The summed E-state index contributed by atoms with van der Waals surface area (Å²) in [5, 5.41) is 11.7. The van der Waals surface area contributed by atoms with Gasteiger partial charge in [0.25, 0.3) is 0 Å². The van der Waals surface area contributed by atoms with Gasteiger partial charge in [-0.1, -0.05) is 25.7 Å². The lowest BCUT2D eigenvalue weighted by atomic mass is 10.0. The summed E-state index contributed by atoms with van der Waals surface area (Å²) in [6.45, 7) is 0. The second-order valence-corrected chi connectivity index (χ2v) is 5.41. The zero-order valence-corrected chi connectivity index (χ0v) is 10.2. The summed E-state index contributed by atoms with van der Waals surface area (Å²) in [4.78, 5) is 22.6. The van der Waals surface area contributed by atoms with Crippen molar-refractivity contribution in [1.82, 2.24) is 5.32 Å². The Labute approximate surface area is 102 Å². The van der Waals surface area contributed by atoms with E-state index in [1.54, 1.807) is 0 Å². The molecule has 0 radical (unpaired) electrons. The highest BCUT2D eigenvalue weighted by atomic mass is 16.4. The van der Waals surface area contributed by atoms with Gasteiger partial charge in [-0.25, -0.2) is 4.79 Å². The number of hydrogen-bond donors (Lipinski definition) is 2. The molecule has 2 aliphatic rings. The highest BCUT2D eigenvalue weighted by molar-refractivity contribution is 5.84. The van der Waals surface area contributed by atoms with Crippen LogP contribution in [-0.2, 0) is 9.59 Å². The first-order chi connectivity index (χ1) is 8.16. The first kappa shape index (κ1) is 12.4. The summed E-state index contributed by atoms with van der Waals surface area (Å²) in [5.74, 6) is -0.120. The third kappa shape index (κ3) is 3.72. The summed E-state index contributed by atoms with van der Waals surface area (Å²) in [6.07, 6.45) is 8.30. The summed E-state index contributed by atoms with van der Waals surface area (Å²) >= 11 is 0. The molecule has 1 amide bonds. The molecule has 96 valence electrons. The molecule has 2 fully saturated rings. The van der Waals surface area contributed by atoms with Gasteiger partial charge in [-0.2, -0.15) is 0 Å². The Kier molecular flexibility index (Phi) is 4.02. The molecule has 2 saturated carbocycles. The van der Waals surface area contributed by atoms with E-state index in [0.717, 1.165) is 19.3 Å². The number of carboxylic acid groups (broad SMARTS) is 1. The Morgan fingerprint density at radius 1 is 1.18 bits per heavy atom. The zero-order valence-electron chi connectivity index (χ0n) is 10.2. The quantitative estimate of drug-likeness (QED) is 0.744. The predicted octanol–water partition coefficient (Wildman–Crippen LogP) is 1.94. The zero-order chi connectivity index (χ0) is 12.3. The first-order valence-corrected chi connectivity index (χ1v) is 6.69. The molecule has 0 aromatic carbocycles. The fraction of sp³-hybridized carbons (Fsp3) is 0.846. The van der Waals surface area contributed by atoms with Crippen molar-refractivity contribution >= 4 is 11.9 Å². The first-order valence-electron chi connectivity index (χ1n) is 6.69. The van der Waals surface area contributed by atoms with Crippen molar-refractivity contribution in [3.8, 4) is 0 Å². The summed E-state index contributed by atoms with van der Waals surface area (Å²) in [5.41, 5.74) is 0. The molecular formula is C13H21NO3. The average molecular weight is 239 g/mol. The maximum atomic E-state index is 11.7. The summed E-state index contributed by atoms with van der Waals surface area (Å²) < 4.78 is 0. The second-order valence-electron chi connectivity index (χ2n) is 5.41. The number of hydrogen-bond acceptors (Lipinski definition) is 2. The maximum Gasteiger partial charge on any atom is 0.326 e. The van der Waals surface area contributed by atoms with E-state index in [2.05, 4.69) is 5.32 Å². The van der Waals surface area contributed by atoms with Crippen molar-refractivity contribution in [3.63, 3.8) is 0 Å². The van der Waals surface area contributed by atoms with Gasteiger partial charge in [0.2, 0.25) is 5.91 Å². The molecule has 0 bridgehead atoms. The lowest BCUT2D eigenvalue weighted by molar-refractivity contribution is -0.142. The molecule has 2 aliphatic carbocycles. The molecule has 4 nitrogen and oxygen atoms in total. The number of aliphatic carboxylic acids is 1. The minimum absolute atomic E-state index is 0.0869. The van der Waals surface area contributed by atoms with Crippen LogP contribution in [0.1, 0.15) is 51.4 Å². The standard InChI is InChI=1S/C13H21NO3/c15-11(8-5-9-3-1-2-4-9)14-12(13(16)17)10-6-7-10/h9-10,12H,1-8H2,(H,14,15)(H,16,17). The number of rotatable bonds is 6. The number of carboxylic acids is 1. The third-order valence-corrected chi connectivity index (χ3v) is 3.93. The van der Waals surface area contributed by atoms with Crippen LogP contribution in [0.5, 0.6) is 0 Å². The SMILES string of the molecule is O=C(CCC1CCCC1)NC(C(=O)O)C1CC1. The average Bonchev–Trinajstić information content (AvgIpc) is 2.99. The van der Waals surface area contributed by atoms with E-state index in [-0.39, 0.29) is 11.8 Å². The largest absolute Gasteiger partial charge is 0.480 e. The normalized spacial score (nSPS) is 22.4. The Bertz CT molecular complexity index is 293. The van der Waals surface area contributed by atoms with Crippen molar-refractivity contribution in [2.75, 3.05) is 0 Å². The Morgan fingerprint density at radius 2 is 1.82 bits per heavy atom. The van der Waals surface area contributed by atoms with Crippen LogP contribution < -0.4 is 5.32 Å². The molecule has 0 spiro atoms. The van der Waals surface area contributed by atoms with Gasteiger partial charge in [-0.05, 0) is 31.1 Å². The van der Waals surface area contributed by atoms with Crippen LogP contribution in [0.4, 0.5) is 0 Å². The van der Waals surface area contributed by atoms with Crippen molar-refractivity contribution in [3.05, 3.63) is 0 Å².